The predicted octanol–water partition coefficient (Wildman–Crippen LogP) is -2.57. The van der Waals surface area contributed by atoms with Crippen LogP contribution in [0, 0.1) is 5.41 Å². The zero-order valence-corrected chi connectivity index (χ0v) is 8.62. The van der Waals surface area contributed by atoms with Crippen LogP contribution >= 0.6 is 0 Å². The average molecular weight is 229 g/mol. The van der Waals surface area contributed by atoms with Gasteiger partial charge in [0.05, 0.1) is 31.0 Å². The van der Waals surface area contributed by atoms with Crippen molar-refractivity contribution >= 4 is 10.1 Å². The SMILES string of the molecule is CNOS(=O)(=O)CC(CO)(CO)CO. The van der Waals surface area contributed by atoms with Gasteiger partial charge in [0.25, 0.3) is 10.1 Å². The molecule has 7 nitrogen and oxygen atoms in total. The Bertz CT molecular complexity index is 239. The third-order valence-corrected chi connectivity index (χ3v) is 3.09. The molecular weight excluding hydrogens is 214 g/mol. The van der Waals surface area contributed by atoms with Crippen LogP contribution in [0.2, 0.25) is 0 Å². The molecule has 0 fully saturated rings. The van der Waals surface area contributed by atoms with Gasteiger partial charge >= 0.3 is 0 Å². The van der Waals surface area contributed by atoms with Crippen molar-refractivity contribution in [2.24, 2.45) is 5.41 Å². The van der Waals surface area contributed by atoms with E-state index in [2.05, 4.69) is 4.28 Å². The summed E-state index contributed by atoms with van der Waals surface area (Å²) in [6, 6.07) is 0. The van der Waals surface area contributed by atoms with Crippen LogP contribution in [-0.4, -0.2) is 56.4 Å². The number of rotatable bonds is 7. The molecule has 0 amide bonds. The molecule has 0 aromatic rings. The van der Waals surface area contributed by atoms with Crippen LogP contribution in [0.15, 0.2) is 0 Å². The van der Waals surface area contributed by atoms with Gasteiger partial charge in [-0.2, -0.15) is 18.2 Å². The molecule has 0 atom stereocenters. The molecular formula is C6H15NO6S. The topological polar surface area (TPSA) is 116 Å². The van der Waals surface area contributed by atoms with E-state index in [4.69, 9.17) is 15.3 Å². The second-order valence-corrected chi connectivity index (χ2v) is 4.53. The highest BCUT2D eigenvalue weighted by Gasteiger charge is 2.34. The molecule has 0 saturated heterocycles. The lowest BCUT2D eigenvalue weighted by atomic mass is 9.94. The number of hydroxylamine groups is 1. The van der Waals surface area contributed by atoms with E-state index < -0.39 is 41.1 Å². The smallest absolute Gasteiger partial charge is 0.284 e. The molecule has 0 radical (unpaired) electrons. The molecule has 0 aliphatic carbocycles. The zero-order chi connectivity index (χ0) is 11.2. The molecule has 0 saturated carbocycles. The first-order valence-corrected chi connectivity index (χ1v) is 5.43. The first-order valence-electron chi connectivity index (χ1n) is 3.86. The summed E-state index contributed by atoms with van der Waals surface area (Å²) >= 11 is 0. The van der Waals surface area contributed by atoms with Crippen molar-refractivity contribution in [2.75, 3.05) is 32.6 Å². The van der Waals surface area contributed by atoms with Crippen LogP contribution in [0.25, 0.3) is 0 Å². The van der Waals surface area contributed by atoms with Crippen LogP contribution in [0.4, 0.5) is 0 Å². The molecule has 0 rings (SSSR count). The van der Waals surface area contributed by atoms with Crippen molar-refractivity contribution in [1.29, 1.82) is 0 Å². The number of nitrogens with one attached hydrogen (secondary N) is 1. The Morgan fingerprint density at radius 1 is 1.21 bits per heavy atom. The normalized spacial score (nSPS) is 13.1. The summed E-state index contributed by atoms with van der Waals surface area (Å²) in [4.78, 5) is 0. The Balaban J connectivity index is 4.59. The monoisotopic (exact) mass is 229 g/mol. The van der Waals surface area contributed by atoms with E-state index in [1.54, 1.807) is 0 Å². The minimum atomic E-state index is -3.92. The molecule has 0 aliphatic heterocycles. The lowest BCUT2D eigenvalue weighted by Gasteiger charge is -2.25. The molecule has 0 bridgehead atoms. The highest BCUT2D eigenvalue weighted by Crippen LogP contribution is 2.17. The molecule has 0 aromatic heterocycles. The van der Waals surface area contributed by atoms with E-state index in [9.17, 15) is 8.42 Å². The van der Waals surface area contributed by atoms with Crippen molar-refractivity contribution in [3.05, 3.63) is 0 Å². The lowest BCUT2D eigenvalue weighted by molar-refractivity contribution is 0.0201. The average Bonchev–Trinajstić information content (AvgIpc) is 2.14. The van der Waals surface area contributed by atoms with Gasteiger partial charge in [-0.3, -0.25) is 0 Å². The summed E-state index contributed by atoms with van der Waals surface area (Å²) in [6.07, 6.45) is 0. The fourth-order valence-electron chi connectivity index (χ4n) is 0.818. The third-order valence-electron chi connectivity index (χ3n) is 1.70. The highest BCUT2D eigenvalue weighted by molar-refractivity contribution is 7.86. The van der Waals surface area contributed by atoms with Crippen molar-refractivity contribution in [3.63, 3.8) is 0 Å². The maximum Gasteiger partial charge on any atom is 0.284 e. The molecule has 0 unspecified atom stereocenters. The van der Waals surface area contributed by atoms with Crippen molar-refractivity contribution in [3.8, 4) is 0 Å². The molecule has 8 heteroatoms. The maximum absolute atomic E-state index is 11.1. The van der Waals surface area contributed by atoms with Crippen LogP contribution in [0.5, 0.6) is 0 Å². The molecule has 14 heavy (non-hydrogen) atoms. The van der Waals surface area contributed by atoms with Crippen molar-refractivity contribution < 1.29 is 28.0 Å². The molecule has 0 spiro atoms. The first kappa shape index (κ1) is 13.8. The number of hydrogen-bond donors (Lipinski definition) is 4. The molecule has 4 N–H and O–H groups in total. The van der Waals surface area contributed by atoms with E-state index >= 15 is 0 Å². The summed E-state index contributed by atoms with van der Waals surface area (Å²) in [5.41, 5.74) is 0.493. The molecule has 0 heterocycles. The summed E-state index contributed by atoms with van der Waals surface area (Å²) < 4.78 is 26.4. The highest BCUT2D eigenvalue weighted by atomic mass is 32.2. The van der Waals surface area contributed by atoms with Crippen LogP contribution in [0.3, 0.4) is 0 Å². The third kappa shape index (κ3) is 3.86. The second-order valence-electron chi connectivity index (χ2n) is 2.96. The van der Waals surface area contributed by atoms with Gasteiger partial charge in [0.15, 0.2) is 0 Å². The van der Waals surface area contributed by atoms with Crippen molar-refractivity contribution in [1.82, 2.24) is 5.48 Å². The van der Waals surface area contributed by atoms with E-state index in [0.717, 1.165) is 0 Å². The van der Waals surface area contributed by atoms with Gasteiger partial charge in [0.2, 0.25) is 0 Å². The van der Waals surface area contributed by atoms with Crippen LogP contribution in [0.1, 0.15) is 0 Å². The Hall–Kier alpha value is -0.250. The molecule has 0 aliphatic rings. The summed E-state index contributed by atoms with van der Waals surface area (Å²) in [5.74, 6) is -0.662. The van der Waals surface area contributed by atoms with E-state index in [1.807, 2.05) is 5.48 Å². The van der Waals surface area contributed by atoms with Gasteiger partial charge in [-0.05, 0) is 0 Å². The second kappa shape index (κ2) is 5.59. The lowest BCUT2D eigenvalue weighted by Crippen LogP contribution is -2.42. The molecule has 0 aromatic carbocycles. The fourth-order valence-corrected chi connectivity index (χ4v) is 2.16. The molecule has 86 valence electrons. The van der Waals surface area contributed by atoms with Crippen LogP contribution in [-0.2, 0) is 14.4 Å². The maximum atomic E-state index is 11.1. The summed E-state index contributed by atoms with van der Waals surface area (Å²) in [5, 5.41) is 26.5. The Kier molecular flexibility index (Phi) is 5.49. The Morgan fingerprint density at radius 3 is 1.93 bits per heavy atom. The first-order chi connectivity index (χ1) is 6.45. The largest absolute Gasteiger partial charge is 0.396 e. The van der Waals surface area contributed by atoms with Gasteiger partial charge in [-0.1, -0.05) is 0 Å². The zero-order valence-electron chi connectivity index (χ0n) is 7.80. The minimum absolute atomic E-state index is 0.647. The number of aliphatic hydroxyl groups excluding tert-OH is 3. The summed E-state index contributed by atoms with van der Waals surface area (Å²) in [7, 11) is -2.66. The van der Waals surface area contributed by atoms with Gasteiger partial charge in [-0.15, -0.1) is 0 Å². The van der Waals surface area contributed by atoms with E-state index in [-0.39, 0.29) is 0 Å². The Morgan fingerprint density at radius 2 is 1.64 bits per heavy atom. The van der Waals surface area contributed by atoms with Gasteiger partial charge in [0.1, 0.15) is 0 Å². The number of aliphatic hydroxyl groups is 3. The quantitative estimate of drug-likeness (QED) is 0.354. The van der Waals surface area contributed by atoms with E-state index in [1.165, 1.54) is 7.05 Å². The minimum Gasteiger partial charge on any atom is -0.396 e. The van der Waals surface area contributed by atoms with Crippen molar-refractivity contribution in [2.45, 2.75) is 0 Å². The standard InChI is InChI=1S/C6H15NO6S/c1-7-13-14(11,12)5-6(2-8,3-9)4-10/h7-10H,2-5H2,1H3. The van der Waals surface area contributed by atoms with E-state index in [0.29, 0.717) is 0 Å². The van der Waals surface area contributed by atoms with Crippen LogP contribution < -0.4 is 5.48 Å². The summed E-state index contributed by atoms with van der Waals surface area (Å²) in [6.45, 7) is -1.94. The Labute approximate surface area is 82.4 Å². The fraction of sp³-hybridized carbons (Fsp3) is 1.00. The predicted molar refractivity (Wildman–Crippen MR) is 47.6 cm³/mol. The van der Waals surface area contributed by atoms with Gasteiger partial charge in [0, 0.05) is 7.05 Å². The van der Waals surface area contributed by atoms with Gasteiger partial charge in [-0.25, -0.2) is 0 Å². The number of hydrogen-bond acceptors (Lipinski definition) is 7. The van der Waals surface area contributed by atoms with Gasteiger partial charge < -0.3 is 15.3 Å².